The van der Waals surface area contributed by atoms with E-state index in [1.165, 1.54) is 12.0 Å². The highest BCUT2D eigenvalue weighted by Gasteiger charge is 2.26. The van der Waals surface area contributed by atoms with Gasteiger partial charge in [0.2, 0.25) is 0 Å². The predicted octanol–water partition coefficient (Wildman–Crippen LogP) is 5.22. The Labute approximate surface area is 154 Å². The molecule has 3 heteroatoms. The predicted molar refractivity (Wildman–Crippen MR) is 106 cm³/mol. The number of benzene rings is 2. The van der Waals surface area contributed by atoms with E-state index in [1.54, 1.807) is 0 Å². The van der Waals surface area contributed by atoms with Gasteiger partial charge in [-0.15, -0.1) is 0 Å². The average molecular weight is 344 g/mol. The van der Waals surface area contributed by atoms with E-state index in [0.29, 0.717) is 6.04 Å². The van der Waals surface area contributed by atoms with Gasteiger partial charge in [-0.2, -0.15) is 0 Å². The van der Waals surface area contributed by atoms with Crippen molar-refractivity contribution in [2.24, 2.45) is 0 Å². The first kappa shape index (κ1) is 16.8. The third-order valence-electron chi connectivity index (χ3n) is 5.36. The first-order valence-corrected chi connectivity index (χ1v) is 9.41. The highest BCUT2D eigenvalue weighted by Crippen LogP contribution is 2.28. The maximum absolute atomic E-state index is 13.4. The second-order valence-electron chi connectivity index (χ2n) is 7.28. The van der Waals surface area contributed by atoms with Gasteiger partial charge in [0.1, 0.15) is 0 Å². The Hall–Kier alpha value is -2.68. The lowest BCUT2D eigenvalue weighted by Crippen LogP contribution is -2.42. The van der Waals surface area contributed by atoms with Gasteiger partial charge in [-0.3, -0.25) is 4.79 Å². The van der Waals surface area contributed by atoms with Gasteiger partial charge in [0, 0.05) is 23.5 Å². The number of aromatic nitrogens is 1. The largest absolute Gasteiger partial charge is 0.336 e. The van der Waals surface area contributed by atoms with Crippen LogP contribution in [-0.2, 0) is 0 Å². The van der Waals surface area contributed by atoms with Gasteiger partial charge in [-0.25, -0.2) is 4.98 Å². The first-order valence-electron chi connectivity index (χ1n) is 9.41. The summed E-state index contributed by atoms with van der Waals surface area (Å²) in [6.45, 7) is 5.07. The fraction of sp³-hybridized carbons (Fsp3) is 0.304. The first-order chi connectivity index (χ1) is 12.6. The molecule has 0 spiro atoms. The minimum atomic E-state index is 0.129. The molecule has 0 saturated carbocycles. The Morgan fingerprint density at radius 2 is 1.85 bits per heavy atom. The summed E-state index contributed by atoms with van der Waals surface area (Å²) < 4.78 is 0. The van der Waals surface area contributed by atoms with Gasteiger partial charge in [-0.05, 0) is 45.2 Å². The second-order valence-corrected chi connectivity index (χ2v) is 7.28. The summed E-state index contributed by atoms with van der Waals surface area (Å²) in [7, 11) is 0. The number of aryl methyl sites for hydroxylation is 1. The molecule has 2 heterocycles. The van der Waals surface area contributed by atoms with Crippen LogP contribution in [0, 0.1) is 6.92 Å². The van der Waals surface area contributed by atoms with Crippen LogP contribution >= 0.6 is 0 Å². The maximum atomic E-state index is 13.4. The van der Waals surface area contributed by atoms with Crippen LogP contribution < -0.4 is 0 Å². The molecule has 0 unspecified atom stereocenters. The van der Waals surface area contributed by atoms with E-state index < -0.39 is 0 Å². The summed E-state index contributed by atoms with van der Waals surface area (Å²) in [5, 5.41) is 0.936. The lowest BCUT2D eigenvalue weighted by atomic mass is 9.99. The minimum absolute atomic E-state index is 0.129. The highest BCUT2D eigenvalue weighted by atomic mass is 16.2. The van der Waals surface area contributed by atoms with Crippen molar-refractivity contribution in [1.29, 1.82) is 0 Å². The third kappa shape index (κ3) is 3.10. The molecule has 4 rings (SSSR count). The van der Waals surface area contributed by atoms with Crippen LogP contribution in [0.4, 0.5) is 0 Å². The van der Waals surface area contributed by atoms with E-state index >= 15 is 0 Å². The van der Waals surface area contributed by atoms with Crippen LogP contribution in [0.3, 0.4) is 0 Å². The van der Waals surface area contributed by atoms with Crippen molar-refractivity contribution in [1.82, 2.24) is 9.88 Å². The molecular formula is C23H24N2O. The van der Waals surface area contributed by atoms with Gasteiger partial charge in [0.25, 0.3) is 5.91 Å². The maximum Gasteiger partial charge on any atom is 0.254 e. The molecule has 132 valence electrons. The Kier molecular flexibility index (Phi) is 4.46. The quantitative estimate of drug-likeness (QED) is 0.638. The number of carbonyl (C=O) groups is 1. The van der Waals surface area contributed by atoms with Crippen LogP contribution in [0.1, 0.15) is 42.1 Å². The minimum Gasteiger partial charge on any atom is -0.336 e. The monoisotopic (exact) mass is 344 g/mol. The molecule has 0 N–H and O–H groups in total. The van der Waals surface area contributed by atoms with Crippen molar-refractivity contribution in [3.8, 4) is 11.3 Å². The molecule has 1 aliphatic rings. The lowest BCUT2D eigenvalue weighted by molar-refractivity contribution is 0.0637. The van der Waals surface area contributed by atoms with Gasteiger partial charge in [0.15, 0.2) is 0 Å². The van der Waals surface area contributed by atoms with Crippen LogP contribution in [0.2, 0.25) is 0 Å². The summed E-state index contributed by atoms with van der Waals surface area (Å²) in [6, 6.07) is 18.5. The van der Waals surface area contributed by atoms with Crippen molar-refractivity contribution < 1.29 is 4.79 Å². The molecule has 1 aromatic heterocycles. The number of piperidine rings is 1. The van der Waals surface area contributed by atoms with Crippen molar-refractivity contribution in [3.05, 3.63) is 65.7 Å². The number of pyridine rings is 1. The Balaban J connectivity index is 1.84. The summed E-state index contributed by atoms with van der Waals surface area (Å²) in [5.74, 6) is 0.129. The van der Waals surface area contributed by atoms with E-state index in [2.05, 4.69) is 38.1 Å². The van der Waals surface area contributed by atoms with Crippen LogP contribution in [0.25, 0.3) is 22.2 Å². The lowest BCUT2D eigenvalue weighted by Gasteiger charge is -2.33. The summed E-state index contributed by atoms with van der Waals surface area (Å²) in [4.78, 5) is 20.2. The van der Waals surface area contributed by atoms with Crippen LogP contribution in [0.5, 0.6) is 0 Å². The molecule has 3 nitrogen and oxygen atoms in total. The molecule has 2 aromatic carbocycles. The van der Waals surface area contributed by atoms with Crippen LogP contribution in [-0.4, -0.2) is 28.4 Å². The average Bonchev–Trinajstić information content (AvgIpc) is 2.67. The molecule has 1 atom stereocenters. The number of fused-ring (bicyclic) bond motifs is 1. The van der Waals surface area contributed by atoms with E-state index in [-0.39, 0.29) is 5.91 Å². The van der Waals surface area contributed by atoms with Gasteiger partial charge in [0.05, 0.1) is 16.8 Å². The van der Waals surface area contributed by atoms with E-state index in [4.69, 9.17) is 4.98 Å². The zero-order valence-electron chi connectivity index (χ0n) is 15.4. The molecule has 1 fully saturated rings. The summed E-state index contributed by atoms with van der Waals surface area (Å²) in [5.41, 5.74) is 4.75. The topological polar surface area (TPSA) is 33.2 Å². The summed E-state index contributed by atoms with van der Waals surface area (Å²) in [6.07, 6.45) is 3.38. The third-order valence-corrected chi connectivity index (χ3v) is 5.36. The number of likely N-dealkylation sites (tertiary alicyclic amines) is 1. The van der Waals surface area contributed by atoms with E-state index in [1.807, 2.05) is 35.2 Å². The summed E-state index contributed by atoms with van der Waals surface area (Å²) >= 11 is 0. The second kappa shape index (κ2) is 6.91. The number of carbonyl (C=O) groups excluding carboxylic acids is 1. The zero-order valence-corrected chi connectivity index (χ0v) is 15.4. The molecular weight excluding hydrogens is 320 g/mol. The van der Waals surface area contributed by atoms with Gasteiger partial charge in [-0.1, -0.05) is 48.0 Å². The zero-order chi connectivity index (χ0) is 18.1. The van der Waals surface area contributed by atoms with Crippen molar-refractivity contribution in [2.45, 2.75) is 39.2 Å². The fourth-order valence-electron chi connectivity index (χ4n) is 3.78. The number of rotatable bonds is 2. The normalized spacial score (nSPS) is 17.5. The standard InChI is InChI=1S/C23H24N2O/c1-16-10-12-18(13-11-16)22-15-20(19-8-3-4-9-21(19)24-22)23(26)25-14-6-5-7-17(25)2/h3-4,8-13,15,17H,5-7,14H2,1-2H3/t17-/m0/s1. The molecule has 0 radical (unpaired) electrons. The van der Waals surface area contributed by atoms with Gasteiger partial charge < -0.3 is 4.90 Å². The smallest absolute Gasteiger partial charge is 0.254 e. The van der Waals surface area contributed by atoms with E-state index in [0.717, 1.165) is 47.1 Å². The van der Waals surface area contributed by atoms with Crippen molar-refractivity contribution in [2.75, 3.05) is 6.54 Å². The number of amides is 1. The molecule has 0 bridgehead atoms. The molecule has 1 saturated heterocycles. The van der Waals surface area contributed by atoms with Crippen molar-refractivity contribution in [3.63, 3.8) is 0 Å². The molecule has 1 amide bonds. The molecule has 26 heavy (non-hydrogen) atoms. The Morgan fingerprint density at radius 3 is 2.62 bits per heavy atom. The number of para-hydroxylation sites is 1. The molecule has 3 aromatic rings. The molecule has 1 aliphatic heterocycles. The Morgan fingerprint density at radius 1 is 1.08 bits per heavy atom. The fourth-order valence-corrected chi connectivity index (χ4v) is 3.78. The van der Waals surface area contributed by atoms with Crippen molar-refractivity contribution >= 4 is 16.8 Å². The van der Waals surface area contributed by atoms with E-state index in [9.17, 15) is 4.79 Å². The molecule has 0 aliphatic carbocycles. The number of nitrogens with zero attached hydrogens (tertiary/aromatic N) is 2. The Bertz CT molecular complexity index is 946. The van der Waals surface area contributed by atoms with Crippen LogP contribution in [0.15, 0.2) is 54.6 Å². The number of hydrogen-bond acceptors (Lipinski definition) is 2. The highest BCUT2D eigenvalue weighted by molar-refractivity contribution is 6.07. The SMILES string of the molecule is Cc1ccc(-c2cc(C(=O)N3CCCC[C@@H]3C)c3ccccc3n2)cc1. The van der Waals surface area contributed by atoms with Gasteiger partial charge >= 0.3 is 0 Å². The number of hydrogen-bond donors (Lipinski definition) is 0.